The first-order valence-electron chi connectivity index (χ1n) is 11.2. The molecule has 3 aromatic carbocycles. The van der Waals surface area contributed by atoms with Gasteiger partial charge in [0.25, 0.3) is 11.7 Å². The molecular weight excluding hydrogens is 430 g/mol. The zero-order valence-corrected chi connectivity index (χ0v) is 19.2. The molecule has 0 aromatic heterocycles. The maximum absolute atomic E-state index is 13.1. The zero-order valence-electron chi connectivity index (χ0n) is 19.2. The molecule has 0 aliphatic carbocycles. The Morgan fingerprint density at radius 3 is 2.35 bits per heavy atom. The van der Waals surface area contributed by atoms with E-state index in [2.05, 4.69) is 0 Å². The minimum absolute atomic E-state index is 0.0723. The van der Waals surface area contributed by atoms with Crippen LogP contribution in [0.15, 0.2) is 84.4 Å². The molecule has 0 saturated carbocycles. The predicted molar refractivity (Wildman–Crippen MR) is 130 cm³/mol. The molecule has 1 saturated heterocycles. The van der Waals surface area contributed by atoms with Crippen molar-refractivity contribution in [3.05, 3.63) is 101 Å². The lowest BCUT2D eigenvalue weighted by Crippen LogP contribution is -2.31. The highest BCUT2D eigenvalue weighted by molar-refractivity contribution is 6.46. The van der Waals surface area contributed by atoms with Crippen molar-refractivity contribution >= 4 is 17.4 Å². The molecule has 34 heavy (non-hydrogen) atoms. The summed E-state index contributed by atoms with van der Waals surface area (Å²) in [5.74, 6) is -0.277. The second kappa shape index (κ2) is 10.4. The number of Topliss-reactive ketones (excluding diaryl/α,β-unsaturated/α-hetero) is 1. The van der Waals surface area contributed by atoms with Crippen molar-refractivity contribution in [1.29, 1.82) is 0 Å². The number of ether oxygens (including phenoxy) is 2. The van der Waals surface area contributed by atoms with Crippen LogP contribution in [0.1, 0.15) is 29.2 Å². The van der Waals surface area contributed by atoms with Gasteiger partial charge in [-0.2, -0.15) is 0 Å². The number of benzene rings is 3. The van der Waals surface area contributed by atoms with Gasteiger partial charge in [-0.1, -0.05) is 60.2 Å². The van der Waals surface area contributed by atoms with Crippen LogP contribution < -0.4 is 4.74 Å². The number of nitrogens with zero attached hydrogens (tertiary/aromatic N) is 1. The standard InChI is InChI=1S/C28H27NO5/c1-19-12-14-20(15-13-19)26(30)24-25(29(16-7-17-33-2)28(32)27(24)31)21-8-6-11-23(18-21)34-22-9-4-3-5-10-22/h3-6,8-15,18,25,30H,7,16-17H2,1-2H3. The molecule has 1 N–H and O–H groups in total. The van der Waals surface area contributed by atoms with Gasteiger partial charge in [-0.05, 0) is 43.2 Å². The van der Waals surface area contributed by atoms with Crippen LogP contribution in [0.3, 0.4) is 0 Å². The molecule has 3 aromatic rings. The Kier molecular flexibility index (Phi) is 7.09. The summed E-state index contributed by atoms with van der Waals surface area (Å²) in [5, 5.41) is 11.1. The monoisotopic (exact) mass is 457 g/mol. The van der Waals surface area contributed by atoms with E-state index in [4.69, 9.17) is 9.47 Å². The summed E-state index contributed by atoms with van der Waals surface area (Å²) in [5.41, 5.74) is 2.27. The summed E-state index contributed by atoms with van der Waals surface area (Å²) < 4.78 is 11.1. The summed E-state index contributed by atoms with van der Waals surface area (Å²) in [6.45, 7) is 2.71. The third-order valence-electron chi connectivity index (χ3n) is 5.77. The van der Waals surface area contributed by atoms with Crippen LogP contribution in [0.25, 0.3) is 5.76 Å². The summed E-state index contributed by atoms with van der Waals surface area (Å²) in [4.78, 5) is 27.6. The van der Waals surface area contributed by atoms with Crippen molar-refractivity contribution in [2.24, 2.45) is 0 Å². The molecule has 0 radical (unpaired) electrons. The number of likely N-dealkylation sites (tertiary alicyclic amines) is 1. The van der Waals surface area contributed by atoms with E-state index >= 15 is 0 Å². The van der Waals surface area contributed by atoms with E-state index in [0.29, 0.717) is 42.2 Å². The lowest BCUT2D eigenvalue weighted by atomic mass is 9.95. The van der Waals surface area contributed by atoms with Crippen LogP contribution >= 0.6 is 0 Å². The van der Waals surface area contributed by atoms with Gasteiger partial charge in [-0.15, -0.1) is 0 Å². The number of aryl methyl sites for hydroxylation is 1. The summed E-state index contributed by atoms with van der Waals surface area (Å²) in [6.07, 6.45) is 0.560. The Balaban J connectivity index is 1.78. The smallest absolute Gasteiger partial charge is 0.295 e. The Bertz CT molecular complexity index is 1200. The lowest BCUT2D eigenvalue weighted by molar-refractivity contribution is -0.140. The minimum Gasteiger partial charge on any atom is -0.507 e. The van der Waals surface area contributed by atoms with Crippen molar-refractivity contribution in [2.45, 2.75) is 19.4 Å². The Hall–Kier alpha value is -3.90. The van der Waals surface area contributed by atoms with Gasteiger partial charge in [0, 0.05) is 25.8 Å². The van der Waals surface area contributed by atoms with E-state index in [1.807, 2.05) is 67.6 Å². The first-order chi connectivity index (χ1) is 16.5. The minimum atomic E-state index is -0.738. The number of carbonyl (C=O) groups excluding carboxylic acids is 2. The van der Waals surface area contributed by atoms with E-state index in [-0.39, 0.29) is 11.3 Å². The van der Waals surface area contributed by atoms with Crippen LogP contribution in [0.4, 0.5) is 0 Å². The molecule has 0 spiro atoms. The number of amides is 1. The van der Waals surface area contributed by atoms with Crippen LogP contribution in [0.5, 0.6) is 11.5 Å². The Labute approximate surface area is 199 Å². The molecule has 4 rings (SSSR count). The second-order valence-electron chi connectivity index (χ2n) is 8.19. The number of ketones is 1. The largest absolute Gasteiger partial charge is 0.507 e. The van der Waals surface area contributed by atoms with Gasteiger partial charge in [0.05, 0.1) is 11.6 Å². The fraction of sp³-hybridized carbons (Fsp3) is 0.214. The quantitative estimate of drug-likeness (QED) is 0.217. The lowest BCUT2D eigenvalue weighted by Gasteiger charge is -2.25. The predicted octanol–water partition coefficient (Wildman–Crippen LogP) is 5.25. The average molecular weight is 458 g/mol. The topological polar surface area (TPSA) is 76.1 Å². The normalized spacial score (nSPS) is 17.2. The first kappa shape index (κ1) is 23.3. The number of aliphatic hydroxyl groups excluding tert-OH is 1. The van der Waals surface area contributed by atoms with Crippen molar-refractivity contribution in [1.82, 2.24) is 4.90 Å². The van der Waals surface area contributed by atoms with E-state index < -0.39 is 17.7 Å². The number of rotatable bonds is 8. The average Bonchev–Trinajstić information content (AvgIpc) is 3.10. The number of carbonyl (C=O) groups is 2. The van der Waals surface area contributed by atoms with Crippen LogP contribution in [0, 0.1) is 6.92 Å². The first-order valence-corrected chi connectivity index (χ1v) is 11.2. The Morgan fingerprint density at radius 2 is 1.65 bits per heavy atom. The molecule has 1 heterocycles. The van der Waals surface area contributed by atoms with Gasteiger partial charge < -0.3 is 19.5 Å². The number of hydrogen-bond acceptors (Lipinski definition) is 5. The third kappa shape index (κ3) is 4.87. The second-order valence-corrected chi connectivity index (χ2v) is 8.19. The maximum Gasteiger partial charge on any atom is 0.295 e. The van der Waals surface area contributed by atoms with E-state index in [9.17, 15) is 14.7 Å². The molecule has 174 valence electrons. The molecule has 6 nitrogen and oxygen atoms in total. The van der Waals surface area contributed by atoms with Gasteiger partial charge in [-0.25, -0.2) is 0 Å². The fourth-order valence-corrected chi connectivity index (χ4v) is 4.08. The number of methoxy groups -OCH3 is 1. The van der Waals surface area contributed by atoms with E-state index in [1.54, 1.807) is 25.3 Å². The van der Waals surface area contributed by atoms with E-state index in [0.717, 1.165) is 5.56 Å². The molecule has 1 unspecified atom stereocenters. The van der Waals surface area contributed by atoms with Gasteiger partial charge >= 0.3 is 0 Å². The van der Waals surface area contributed by atoms with E-state index in [1.165, 1.54) is 4.90 Å². The molecule has 6 heteroatoms. The molecule has 1 aliphatic rings. The molecule has 1 atom stereocenters. The molecule has 0 bridgehead atoms. The molecule has 1 aliphatic heterocycles. The highest BCUT2D eigenvalue weighted by Gasteiger charge is 2.45. The summed E-state index contributed by atoms with van der Waals surface area (Å²) in [7, 11) is 1.59. The van der Waals surface area contributed by atoms with Gasteiger partial charge in [0.2, 0.25) is 0 Å². The third-order valence-corrected chi connectivity index (χ3v) is 5.77. The van der Waals surface area contributed by atoms with Crippen molar-refractivity contribution in [2.75, 3.05) is 20.3 Å². The van der Waals surface area contributed by atoms with Gasteiger partial charge in [0.1, 0.15) is 17.3 Å². The van der Waals surface area contributed by atoms with Crippen LogP contribution in [-0.4, -0.2) is 42.0 Å². The van der Waals surface area contributed by atoms with Crippen LogP contribution in [-0.2, 0) is 14.3 Å². The molecular formula is C28H27NO5. The molecule has 1 amide bonds. The van der Waals surface area contributed by atoms with Gasteiger partial charge in [-0.3, -0.25) is 9.59 Å². The van der Waals surface area contributed by atoms with Crippen molar-refractivity contribution < 1.29 is 24.2 Å². The Morgan fingerprint density at radius 1 is 0.941 bits per heavy atom. The number of aliphatic hydroxyl groups is 1. The highest BCUT2D eigenvalue weighted by atomic mass is 16.5. The van der Waals surface area contributed by atoms with Crippen molar-refractivity contribution in [3.8, 4) is 11.5 Å². The SMILES string of the molecule is COCCCN1C(=O)C(=O)C(=C(O)c2ccc(C)cc2)C1c1cccc(Oc2ccccc2)c1. The number of para-hydroxylation sites is 1. The van der Waals surface area contributed by atoms with Crippen LogP contribution in [0.2, 0.25) is 0 Å². The summed E-state index contributed by atoms with van der Waals surface area (Å²) in [6, 6.07) is 23.1. The molecule has 1 fully saturated rings. The van der Waals surface area contributed by atoms with Crippen molar-refractivity contribution in [3.63, 3.8) is 0 Å². The zero-order chi connectivity index (χ0) is 24.1. The highest BCUT2D eigenvalue weighted by Crippen LogP contribution is 2.40. The number of hydrogen-bond donors (Lipinski definition) is 1. The summed E-state index contributed by atoms with van der Waals surface area (Å²) >= 11 is 0. The van der Waals surface area contributed by atoms with Gasteiger partial charge in [0.15, 0.2) is 0 Å². The maximum atomic E-state index is 13.1. The fourth-order valence-electron chi connectivity index (χ4n) is 4.08.